The van der Waals surface area contributed by atoms with Crippen LogP contribution in [0.4, 0.5) is 0 Å². The molecule has 16 heavy (non-hydrogen) atoms. The van der Waals surface area contributed by atoms with Crippen LogP contribution in [0.2, 0.25) is 0 Å². The lowest BCUT2D eigenvalue weighted by Crippen LogP contribution is -2.39. The average molecular weight is 237 g/mol. The fourth-order valence-corrected chi connectivity index (χ4v) is 3.82. The highest BCUT2D eigenvalue weighted by Gasteiger charge is 2.31. The average Bonchev–Trinajstić information content (AvgIpc) is 2.63. The summed E-state index contributed by atoms with van der Waals surface area (Å²) < 4.78 is 0. The predicted molar refractivity (Wildman–Crippen MR) is 71.7 cm³/mol. The van der Waals surface area contributed by atoms with Crippen LogP contribution in [0.25, 0.3) is 0 Å². The summed E-state index contributed by atoms with van der Waals surface area (Å²) in [6.07, 6.45) is 4.04. The monoisotopic (exact) mass is 237 g/mol. The molecule has 2 rings (SSSR count). The second-order valence-electron chi connectivity index (χ2n) is 6.07. The molecule has 1 nitrogen and oxygen atoms in total. The maximum absolute atomic E-state index is 3.72. The maximum Gasteiger partial charge on any atom is 0.0302 e. The third-order valence-corrected chi connectivity index (χ3v) is 4.41. The van der Waals surface area contributed by atoms with Gasteiger partial charge in [0.25, 0.3) is 0 Å². The van der Waals surface area contributed by atoms with Gasteiger partial charge < -0.3 is 5.32 Å². The summed E-state index contributed by atoms with van der Waals surface area (Å²) in [5, 5.41) is 5.88. The van der Waals surface area contributed by atoms with Crippen molar-refractivity contribution in [2.24, 2.45) is 11.3 Å². The van der Waals surface area contributed by atoms with Crippen LogP contribution in [0.5, 0.6) is 0 Å². The van der Waals surface area contributed by atoms with E-state index < -0.39 is 0 Å². The first-order valence-corrected chi connectivity index (χ1v) is 7.19. The Morgan fingerprint density at radius 1 is 1.44 bits per heavy atom. The number of nitrogens with one attached hydrogen (secondary N) is 1. The van der Waals surface area contributed by atoms with E-state index in [1.807, 2.05) is 11.3 Å². The number of hydrogen-bond donors (Lipinski definition) is 1. The van der Waals surface area contributed by atoms with Gasteiger partial charge in [-0.2, -0.15) is 0 Å². The molecule has 1 aromatic heterocycles. The number of hydrogen-bond acceptors (Lipinski definition) is 2. The third kappa shape index (κ3) is 3.33. The summed E-state index contributed by atoms with van der Waals surface area (Å²) in [6, 6.07) is 5.06. The molecule has 0 bridgehead atoms. The van der Waals surface area contributed by atoms with Crippen LogP contribution >= 0.6 is 11.3 Å². The summed E-state index contributed by atoms with van der Waals surface area (Å²) in [5.41, 5.74) is 0.519. The summed E-state index contributed by atoms with van der Waals surface area (Å²) in [7, 11) is 0. The first kappa shape index (κ1) is 12.1. The largest absolute Gasteiger partial charge is 0.309 e. The van der Waals surface area contributed by atoms with E-state index >= 15 is 0 Å². The molecule has 0 saturated heterocycles. The Balaban J connectivity index is 1.85. The van der Waals surface area contributed by atoms with E-state index in [9.17, 15) is 0 Å². The lowest BCUT2D eigenvalue weighted by atomic mass is 9.70. The molecule has 2 unspecified atom stereocenters. The molecule has 1 N–H and O–H groups in total. The van der Waals surface area contributed by atoms with Gasteiger partial charge in [-0.25, -0.2) is 0 Å². The van der Waals surface area contributed by atoms with Crippen LogP contribution in [0, 0.1) is 11.3 Å². The van der Waals surface area contributed by atoms with Crippen molar-refractivity contribution in [3.63, 3.8) is 0 Å². The van der Waals surface area contributed by atoms with Gasteiger partial charge in [-0.3, -0.25) is 0 Å². The molecule has 90 valence electrons. The van der Waals surface area contributed by atoms with Gasteiger partial charge in [0.1, 0.15) is 0 Å². The van der Waals surface area contributed by atoms with Gasteiger partial charge in [-0.15, -0.1) is 11.3 Å². The van der Waals surface area contributed by atoms with Crippen LogP contribution in [-0.4, -0.2) is 6.04 Å². The minimum Gasteiger partial charge on any atom is -0.309 e. The Morgan fingerprint density at radius 3 is 2.88 bits per heavy atom. The van der Waals surface area contributed by atoms with Gasteiger partial charge in [0.2, 0.25) is 0 Å². The van der Waals surface area contributed by atoms with Gasteiger partial charge in [0.05, 0.1) is 0 Å². The minimum absolute atomic E-state index is 0.519. The minimum atomic E-state index is 0.519. The van der Waals surface area contributed by atoms with Crippen molar-refractivity contribution in [3.05, 3.63) is 22.4 Å². The molecule has 1 saturated carbocycles. The smallest absolute Gasteiger partial charge is 0.0302 e. The lowest BCUT2D eigenvalue weighted by Gasteiger charge is -2.39. The first-order valence-electron chi connectivity index (χ1n) is 6.31. The van der Waals surface area contributed by atoms with E-state index in [0.717, 1.165) is 12.5 Å². The van der Waals surface area contributed by atoms with Gasteiger partial charge in [-0.1, -0.05) is 26.8 Å². The van der Waals surface area contributed by atoms with Crippen molar-refractivity contribution >= 4 is 11.3 Å². The maximum atomic E-state index is 3.72. The van der Waals surface area contributed by atoms with Crippen molar-refractivity contribution in [2.45, 2.75) is 52.6 Å². The van der Waals surface area contributed by atoms with E-state index in [4.69, 9.17) is 0 Å². The Kier molecular flexibility index (Phi) is 3.70. The quantitative estimate of drug-likeness (QED) is 0.836. The van der Waals surface area contributed by atoms with Crippen LogP contribution in [0.15, 0.2) is 17.5 Å². The third-order valence-electron chi connectivity index (χ3n) is 3.53. The Bertz CT molecular complexity index is 315. The molecule has 0 aromatic carbocycles. The predicted octanol–water partition coefficient (Wildman–Crippen LogP) is 4.05. The molecule has 1 fully saturated rings. The molecule has 0 amide bonds. The highest BCUT2D eigenvalue weighted by atomic mass is 32.1. The highest BCUT2D eigenvalue weighted by Crippen LogP contribution is 2.38. The van der Waals surface area contributed by atoms with Gasteiger partial charge >= 0.3 is 0 Å². The molecule has 1 aliphatic rings. The zero-order valence-electron chi connectivity index (χ0n) is 10.6. The van der Waals surface area contributed by atoms with Gasteiger partial charge in [0, 0.05) is 17.5 Å². The molecular weight excluding hydrogens is 214 g/mol. The summed E-state index contributed by atoms with van der Waals surface area (Å²) in [6.45, 7) is 8.25. The second kappa shape index (κ2) is 4.89. The van der Waals surface area contributed by atoms with Crippen molar-refractivity contribution in [1.29, 1.82) is 0 Å². The second-order valence-corrected chi connectivity index (χ2v) is 7.10. The fourth-order valence-electron chi connectivity index (χ4n) is 3.16. The molecule has 0 radical (unpaired) electrons. The van der Waals surface area contributed by atoms with Crippen LogP contribution < -0.4 is 5.32 Å². The Labute approximate surface area is 103 Å². The molecule has 0 aliphatic heterocycles. The van der Waals surface area contributed by atoms with Crippen molar-refractivity contribution in [1.82, 2.24) is 5.32 Å². The molecule has 2 atom stereocenters. The molecule has 1 aliphatic carbocycles. The van der Waals surface area contributed by atoms with Crippen LogP contribution in [0.3, 0.4) is 0 Å². The van der Waals surface area contributed by atoms with Crippen molar-refractivity contribution < 1.29 is 0 Å². The summed E-state index contributed by atoms with van der Waals surface area (Å²) >= 11 is 1.85. The van der Waals surface area contributed by atoms with Crippen molar-refractivity contribution in [3.8, 4) is 0 Å². The van der Waals surface area contributed by atoms with Gasteiger partial charge in [-0.05, 0) is 42.0 Å². The zero-order chi connectivity index (χ0) is 11.6. The topological polar surface area (TPSA) is 12.0 Å². The SMILES string of the molecule is CC1CC(NCc2cccs2)CC(C)(C)C1. The van der Waals surface area contributed by atoms with E-state index in [1.54, 1.807) is 0 Å². The van der Waals surface area contributed by atoms with Crippen molar-refractivity contribution in [2.75, 3.05) is 0 Å². The highest BCUT2D eigenvalue weighted by molar-refractivity contribution is 7.09. The summed E-state index contributed by atoms with van der Waals surface area (Å²) in [4.78, 5) is 1.45. The standard InChI is InChI=1S/C14H23NS/c1-11-7-12(9-14(2,3)8-11)15-10-13-5-4-6-16-13/h4-6,11-12,15H,7-10H2,1-3H3. The lowest BCUT2D eigenvalue weighted by molar-refractivity contribution is 0.151. The number of thiophene rings is 1. The van der Waals surface area contributed by atoms with E-state index in [0.29, 0.717) is 11.5 Å². The van der Waals surface area contributed by atoms with Gasteiger partial charge in [0.15, 0.2) is 0 Å². The van der Waals surface area contributed by atoms with Crippen LogP contribution in [0.1, 0.15) is 44.9 Å². The van der Waals surface area contributed by atoms with E-state index in [-0.39, 0.29) is 0 Å². The zero-order valence-corrected chi connectivity index (χ0v) is 11.4. The first-order chi connectivity index (χ1) is 7.55. The van der Waals surface area contributed by atoms with E-state index in [1.165, 1.54) is 24.1 Å². The Morgan fingerprint density at radius 2 is 2.25 bits per heavy atom. The fraction of sp³-hybridized carbons (Fsp3) is 0.714. The molecule has 1 aromatic rings. The number of rotatable bonds is 3. The summed E-state index contributed by atoms with van der Waals surface area (Å²) in [5.74, 6) is 0.865. The Hall–Kier alpha value is -0.340. The molecule has 2 heteroatoms. The normalized spacial score (nSPS) is 29.2. The molecular formula is C14H23NS. The van der Waals surface area contributed by atoms with Crippen LogP contribution in [-0.2, 0) is 6.54 Å². The molecule has 1 heterocycles. The van der Waals surface area contributed by atoms with E-state index in [2.05, 4.69) is 43.6 Å². The molecule has 0 spiro atoms.